The first-order chi connectivity index (χ1) is 12.7. The standard InChI is InChI=1S/C18H19BrN4O3S/c1-4-27(25,26)14-8-11(19)9-20-15(14)17-21-13-7-10(2)23(12-5-6-12)18(24)16(13)22(17)3/h7-9,12H,4-6H2,1-3H3. The van der Waals surface area contributed by atoms with Crippen LogP contribution in [0.15, 0.2) is 32.5 Å². The van der Waals surface area contributed by atoms with Crippen LogP contribution >= 0.6 is 15.9 Å². The zero-order valence-electron chi connectivity index (χ0n) is 15.2. The molecule has 1 aliphatic carbocycles. The van der Waals surface area contributed by atoms with Gasteiger partial charge in [0, 0.05) is 29.5 Å². The highest BCUT2D eigenvalue weighted by atomic mass is 79.9. The van der Waals surface area contributed by atoms with Gasteiger partial charge in [0.15, 0.2) is 15.7 Å². The number of nitrogens with zero attached hydrogens (tertiary/aromatic N) is 4. The number of fused-ring (bicyclic) bond motifs is 1. The third-order valence-electron chi connectivity index (χ3n) is 4.93. The molecule has 27 heavy (non-hydrogen) atoms. The Balaban J connectivity index is 2.03. The van der Waals surface area contributed by atoms with Crippen molar-refractivity contribution in [2.75, 3.05) is 5.75 Å². The van der Waals surface area contributed by atoms with Gasteiger partial charge in [-0.05, 0) is 47.8 Å². The van der Waals surface area contributed by atoms with Gasteiger partial charge >= 0.3 is 0 Å². The van der Waals surface area contributed by atoms with Crippen LogP contribution in [-0.2, 0) is 16.9 Å². The minimum absolute atomic E-state index is 0.0460. The van der Waals surface area contributed by atoms with Gasteiger partial charge in [-0.15, -0.1) is 0 Å². The van der Waals surface area contributed by atoms with Crippen LogP contribution in [-0.4, -0.2) is 33.3 Å². The Morgan fingerprint density at radius 2 is 2.00 bits per heavy atom. The Labute approximate surface area is 165 Å². The van der Waals surface area contributed by atoms with Gasteiger partial charge in [0.2, 0.25) is 0 Å². The lowest BCUT2D eigenvalue weighted by atomic mass is 10.3. The molecule has 0 amide bonds. The minimum atomic E-state index is -3.51. The predicted molar refractivity (Wildman–Crippen MR) is 107 cm³/mol. The number of aromatic nitrogens is 4. The summed E-state index contributed by atoms with van der Waals surface area (Å²) in [6.07, 6.45) is 3.55. The fourth-order valence-electron chi connectivity index (χ4n) is 3.39. The highest BCUT2D eigenvalue weighted by Gasteiger charge is 2.29. The third kappa shape index (κ3) is 2.93. The second kappa shape index (κ2) is 6.27. The van der Waals surface area contributed by atoms with E-state index in [1.807, 2.05) is 17.6 Å². The molecule has 1 aliphatic rings. The fourth-order valence-corrected chi connectivity index (χ4v) is 4.93. The van der Waals surface area contributed by atoms with E-state index >= 15 is 0 Å². The molecule has 0 unspecified atom stereocenters. The summed E-state index contributed by atoms with van der Waals surface area (Å²) in [5.74, 6) is 0.324. The Morgan fingerprint density at radius 3 is 2.63 bits per heavy atom. The number of hydrogen-bond acceptors (Lipinski definition) is 5. The second-order valence-corrected chi connectivity index (χ2v) is 9.99. The summed E-state index contributed by atoms with van der Waals surface area (Å²) in [4.78, 5) is 22.0. The molecular formula is C18H19BrN4O3S. The zero-order chi connectivity index (χ0) is 19.5. The summed E-state index contributed by atoms with van der Waals surface area (Å²) in [5.41, 5.74) is 2.05. The maximum absolute atomic E-state index is 13.0. The fraction of sp³-hybridized carbons (Fsp3) is 0.389. The lowest BCUT2D eigenvalue weighted by molar-refractivity contribution is 0.597. The van der Waals surface area contributed by atoms with E-state index in [4.69, 9.17) is 0 Å². The summed E-state index contributed by atoms with van der Waals surface area (Å²) in [7, 11) is -1.79. The maximum Gasteiger partial charge on any atom is 0.277 e. The van der Waals surface area contributed by atoms with E-state index in [0.717, 1.165) is 18.5 Å². The molecule has 9 heteroatoms. The van der Waals surface area contributed by atoms with E-state index in [1.165, 1.54) is 12.3 Å². The number of sulfone groups is 1. The monoisotopic (exact) mass is 450 g/mol. The summed E-state index contributed by atoms with van der Waals surface area (Å²) < 4.78 is 29.2. The van der Waals surface area contributed by atoms with Crippen LogP contribution in [0.4, 0.5) is 0 Å². The molecule has 3 heterocycles. The van der Waals surface area contributed by atoms with Gasteiger partial charge in [-0.2, -0.15) is 0 Å². The topological polar surface area (TPSA) is 86.8 Å². The summed E-state index contributed by atoms with van der Waals surface area (Å²) in [6.45, 7) is 3.49. The van der Waals surface area contributed by atoms with E-state index in [1.54, 1.807) is 18.5 Å². The molecule has 0 atom stereocenters. The van der Waals surface area contributed by atoms with E-state index in [0.29, 0.717) is 21.3 Å². The van der Waals surface area contributed by atoms with Crippen molar-refractivity contribution in [1.82, 2.24) is 19.1 Å². The number of imidazole rings is 1. The number of halogens is 1. The smallest absolute Gasteiger partial charge is 0.277 e. The summed E-state index contributed by atoms with van der Waals surface area (Å²) in [5, 5.41) is 0. The molecule has 1 fully saturated rings. The largest absolute Gasteiger partial charge is 0.321 e. The van der Waals surface area contributed by atoms with Gasteiger partial charge < -0.3 is 9.13 Å². The van der Waals surface area contributed by atoms with Gasteiger partial charge in [0.25, 0.3) is 5.56 Å². The van der Waals surface area contributed by atoms with E-state index < -0.39 is 9.84 Å². The van der Waals surface area contributed by atoms with E-state index in [9.17, 15) is 13.2 Å². The molecule has 1 saturated carbocycles. The summed E-state index contributed by atoms with van der Waals surface area (Å²) in [6, 6.07) is 3.67. The molecule has 0 N–H and O–H groups in total. The van der Waals surface area contributed by atoms with Crippen LogP contribution in [0.2, 0.25) is 0 Å². The van der Waals surface area contributed by atoms with Crippen molar-refractivity contribution in [1.29, 1.82) is 0 Å². The van der Waals surface area contributed by atoms with Crippen LogP contribution in [0.5, 0.6) is 0 Å². The SMILES string of the molecule is CCS(=O)(=O)c1cc(Br)cnc1-c1nc2cc(C)n(C3CC3)c(=O)c2n1C. The van der Waals surface area contributed by atoms with Gasteiger partial charge in [-0.3, -0.25) is 9.78 Å². The number of rotatable bonds is 4. The molecule has 0 aromatic carbocycles. The lowest BCUT2D eigenvalue weighted by Crippen LogP contribution is -2.22. The van der Waals surface area contributed by atoms with Crippen molar-refractivity contribution in [3.63, 3.8) is 0 Å². The van der Waals surface area contributed by atoms with E-state index in [-0.39, 0.29) is 27.9 Å². The molecule has 3 aromatic rings. The number of aryl methyl sites for hydroxylation is 2. The van der Waals surface area contributed by atoms with Crippen molar-refractivity contribution in [3.05, 3.63) is 38.9 Å². The molecule has 4 rings (SSSR count). The molecule has 7 nitrogen and oxygen atoms in total. The molecular weight excluding hydrogens is 432 g/mol. The molecule has 0 radical (unpaired) electrons. The Morgan fingerprint density at radius 1 is 1.30 bits per heavy atom. The van der Waals surface area contributed by atoms with Crippen LogP contribution in [0.3, 0.4) is 0 Å². The average molecular weight is 451 g/mol. The average Bonchev–Trinajstić information content (AvgIpc) is 3.38. The van der Waals surface area contributed by atoms with Gasteiger partial charge in [0.05, 0.1) is 16.2 Å². The van der Waals surface area contributed by atoms with Crippen molar-refractivity contribution in [2.45, 2.75) is 37.6 Å². The first-order valence-electron chi connectivity index (χ1n) is 8.72. The Bertz CT molecular complexity index is 1240. The van der Waals surface area contributed by atoms with E-state index in [2.05, 4.69) is 25.9 Å². The number of pyridine rings is 2. The molecule has 0 aliphatic heterocycles. The minimum Gasteiger partial charge on any atom is -0.321 e. The van der Waals surface area contributed by atoms with Crippen LogP contribution in [0.25, 0.3) is 22.6 Å². The van der Waals surface area contributed by atoms with Gasteiger partial charge in [-0.1, -0.05) is 6.92 Å². The maximum atomic E-state index is 13.0. The van der Waals surface area contributed by atoms with Gasteiger partial charge in [0.1, 0.15) is 11.2 Å². The van der Waals surface area contributed by atoms with Crippen molar-refractivity contribution >= 4 is 36.8 Å². The van der Waals surface area contributed by atoms with Crippen LogP contribution < -0.4 is 5.56 Å². The molecule has 0 saturated heterocycles. The lowest BCUT2D eigenvalue weighted by Gasteiger charge is -2.10. The normalized spacial score (nSPS) is 14.8. The first kappa shape index (κ1) is 18.4. The molecule has 0 bridgehead atoms. The van der Waals surface area contributed by atoms with Crippen LogP contribution in [0, 0.1) is 6.92 Å². The zero-order valence-corrected chi connectivity index (χ0v) is 17.6. The summed E-state index contributed by atoms with van der Waals surface area (Å²) >= 11 is 3.29. The highest BCUT2D eigenvalue weighted by Crippen LogP contribution is 2.35. The quantitative estimate of drug-likeness (QED) is 0.609. The molecule has 3 aromatic heterocycles. The van der Waals surface area contributed by atoms with Crippen molar-refractivity contribution in [3.8, 4) is 11.5 Å². The van der Waals surface area contributed by atoms with Crippen molar-refractivity contribution in [2.24, 2.45) is 7.05 Å². The predicted octanol–water partition coefficient (Wildman–Crippen LogP) is 3.00. The van der Waals surface area contributed by atoms with Crippen LogP contribution in [0.1, 0.15) is 31.5 Å². The Kier molecular flexibility index (Phi) is 4.27. The number of hydrogen-bond donors (Lipinski definition) is 0. The Hall–Kier alpha value is -2.00. The molecule has 142 valence electrons. The highest BCUT2D eigenvalue weighted by molar-refractivity contribution is 9.10. The van der Waals surface area contributed by atoms with Gasteiger partial charge in [-0.25, -0.2) is 13.4 Å². The molecule has 0 spiro atoms. The third-order valence-corrected chi connectivity index (χ3v) is 7.10. The first-order valence-corrected chi connectivity index (χ1v) is 11.2. The second-order valence-electron chi connectivity index (χ2n) is 6.82. The van der Waals surface area contributed by atoms with Crippen molar-refractivity contribution < 1.29 is 8.42 Å².